The predicted molar refractivity (Wildman–Crippen MR) is 98.7 cm³/mol. The highest BCUT2D eigenvalue weighted by Crippen LogP contribution is 2.48. The highest BCUT2D eigenvalue weighted by Gasteiger charge is 2.47. The standard InChI is InChI=1S/C21H30N2O2/c1-20(19(24)25)9-11-23(12-10-20)15-21(7-8-21)14-22-18-13-17(18)16-5-3-2-4-6-16/h2-6,17-18,22H,7-15H2,1H3,(H,24,25)/t17-,18?/m1/s1. The van der Waals surface area contributed by atoms with Crippen molar-refractivity contribution in [3.8, 4) is 0 Å². The Balaban J connectivity index is 1.23. The predicted octanol–water partition coefficient (Wildman–Crippen LogP) is 3.10. The van der Waals surface area contributed by atoms with Gasteiger partial charge in [0.2, 0.25) is 0 Å². The highest BCUT2D eigenvalue weighted by atomic mass is 16.4. The Morgan fingerprint density at radius 2 is 1.88 bits per heavy atom. The topological polar surface area (TPSA) is 52.6 Å². The minimum Gasteiger partial charge on any atom is -0.481 e. The second-order valence-electron chi connectivity index (χ2n) is 8.88. The molecule has 4 nitrogen and oxygen atoms in total. The first kappa shape index (κ1) is 17.0. The zero-order valence-corrected chi connectivity index (χ0v) is 15.2. The van der Waals surface area contributed by atoms with Crippen molar-refractivity contribution in [1.82, 2.24) is 10.2 Å². The number of rotatable bonds is 7. The van der Waals surface area contributed by atoms with Crippen molar-refractivity contribution in [1.29, 1.82) is 0 Å². The molecule has 4 rings (SSSR count). The molecular weight excluding hydrogens is 312 g/mol. The van der Waals surface area contributed by atoms with E-state index in [0.29, 0.717) is 17.4 Å². The summed E-state index contributed by atoms with van der Waals surface area (Å²) >= 11 is 0. The van der Waals surface area contributed by atoms with Crippen molar-refractivity contribution in [2.24, 2.45) is 10.8 Å². The summed E-state index contributed by atoms with van der Waals surface area (Å²) in [5.41, 5.74) is 1.40. The molecule has 0 spiro atoms. The Labute approximate surface area is 150 Å². The van der Waals surface area contributed by atoms with Crippen molar-refractivity contribution >= 4 is 5.97 Å². The summed E-state index contributed by atoms with van der Waals surface area (Å²) in [6, 6.07) is 11.5. The van der Waals surface area contributed by atoms with Crippen molar-refractivity contribution in [2.45, 2.75) is 51.0 Å². The van der Waals surface area contributed by atoms with Gasteiger partial charge in [0, 0.05) is 25.0 Å². The molecule has 0 amide bonds. The van der Waals surface area contributed by atoms with E-state index in [9.17, 15) is 9.90 Å². The van der Waals surface area contributed by atoms with Gasteiger partial charge in [0.1, 0.15) is 0 Å². The first-order valence-corrected chi connectivity index (χ1v) is 9.74. The molecule has 1 unspecified atom stereocenters. The number of hydrogen-bond acceptors (Lipinski definition) is 3. The van der Waals surface area contributed by atoms with E-state index in [4.69, 9.17) is 0 Å². The fourth-order valence-electron chi connectivity index (χ4n) is 4.30. The van der Waals surface area contributed by atoms with Gasteiger partial charge in [-0.15, -0.1) is 0 Å². The molecule has 1 saturated heterocycles. The molecule has 2 atom stereocenters. The zero-order valence-electron chi connectivity index (χ0n) is 15.2. The molecule has 0 aromatic heterocycles. The number of carbonyl (C=O) groups is 1. The molecule has 136 valence electrons. The van der Waals surface area contributed by atoms with Gasteiger partial charge in [0.15, 0.2) is 0 Å². The molecule has 1 aromatic rings. The zero-order chi connectivity index (χ0) is 17.5. The minimum atomic E-state index is -0.629. The van der Waals surface area contributed by atoms with E-state index >= 15 is 0 Å². The van der Waals surface area contributed by atoms with Gasteiger partial charge in [-0.05, 0) is 63.1 Å². The Morgan fingerprint density at radius 1 is 1.20 bits per heavy atom. The number of carboxylic acids is 1. The molecule has 2 N–H and O–H groups in total. The smallest absolute Gasteiger partial charge is 0.309 e. The van der Waals surface area contributed by atoms with Gasteiger partial charge in [0.05, 0.1) is 5.41 Å². The average molecular weight is 342 g/mol. The van der Waals surface area contributed by atoms with Crippen molar-refractivity contribution < 1.29 is 9.90 Å². The van der Waals surface area contributed by atoms with Gasteiger partial charge in [-0.3, -0.25) is 4.79 Å². The van der Waals surface area contributed by atoms with Crippen LogP contribution in [0.4, 0.5) is 0 Å². The molecule has 3 aliphatic rings. The monoisotopic (exact) mass is 342 g/mol. The van der Waals surface area contributed by atoms with E-state index in [0.717, 1.165) is 39.0 Å². The second kappa shape index (κ2) is 6.40. The molecular formula is C21H30N2O2. The summed E-state index contributed by atoms with van der Waals surface area (Å²) < 4.78 is 0. The maximum atomic E-state index is 11.4. The maximum Gasteiger partial charge on any atom is 0.309 e. The van der Waals surface area contributed by atoms with Crippen LogP contribution in [-0.4, -0.2) is 48.2 Å². The molecule has 2 saturated carbocycles. The van der Waals surface area contributed by atoms with Crippen LogP contribution in [0, 0.1) is 10.8 Å². The van der Waals surface area contributed by atoms with Gasteiger partial charge >= 0.3 is 5.97 Å². The third kappa shape index (κ3) is 3.75. The highest BCUT2D eigenvalue weighted by molar-refractivity contribution is 5.74. The number of nitrogens with zero attached hydrogens (tertiary/aromatic N) is 1. The summed E-state index contributed by atoms with van der Waals surface area (Å²) in [5, 5.41) is 13.2. The third-order valence-electron chi connectivity index (χ3n) is 6.75. The fourth-order valence-corrected chi connectivity index (χ4v) is 4.30. The van der Waals surface area contributed by atoms with Gasteiger partial charge in [0.25, 0.3) is 0 Å². The molecule has 0 bridgehead atoms. The van der Waals surface area contributed by atoms with Gasteiger partial charge in [-0.1, -0.05) is 30.3 Å². The van der Waals surface area contributed by atoms with Crippen LogP contribution in [0.1, 0.15) is 50.5 Å². The van der Waals surface area contributed by atoms with Crippen molar-refractivity contribution in [2.75, 3.05) is 26.2 Å². The number of likely N-dealkylation sites (tertiary alicyclic amines) is 1. The summed E-state index contributed by atoms with van der Waals surface area (Å²) in [5.74, 6) is 0.0684. The lowest BCUT2D eigenvalue weighted by molar-refractivity contribution is -0.150. The second-order valence-corrected chi connectivity index (χ2v) is 8.88. The van der Waals surface area contributed by atoms with Crippen LogP contribution in [0.15, 0.2) is 30.3 Å². The maximum absolute atomic E-state index is 11.4. The van der Waals surface area contributed by atoms with Gasteiger partial charge < -0.3 is 15.3 Å². The lowest BCUT2D eigenvalue weighted by atomic mass is 9.80. The summed E-state index contributed by atoms with van der Waals surface area (Å²) in [7, 11) is 0. The number of aliphatic carboxylic acids is 1. The number of hydrogen-bond donors (Lipinski definition) is 2. The van der Waals surface area contributed by atoms with E-state index < -0.39 is 11.4 Å². The van der Waals surface area contributed by atoms with Crippen LogP contribution in [0.2, 0.25) is 0 Å². The summed E-state index contributed by atoms with van der Waals surface area (Å²) in [6.45, 7) is 6.02. The van der Waals surface area contributed by atoms with E-state index in [1.54, 1.807) is 0 Å². The number of benzene rings is 1. The van der Waals surface area contributed by atoms with E-state index in [-0.39, 0.29) is 0 Å². The van der Waals surface area contributed by atoms with Gasteiger partial charge in [-0.2, -0.15) is 0 Å². The molecule has 1 aromatic carbocycles. The molecule has 3 fully saturated rings. The lowest BCUT2D eigenvalue weighted by Gasteiger charge is -2.38. The lowest BCUT2D eigenvalue weighted by Crippen LogP contribution is -2.46. The average Bonchev–Trinajstić information content (AvgIpc) is 3.52. The normalized spacial score (nSPS) is 30.0. The van der Waals surface area contributed by atoms with Crippen molar-refractivity contribution in [3.63, 3.8) is 0 Å². The Hall–Kier alpha value is -1.39. The first-order chi connectivity index (χ1) is 12.0. The fraction of sp³-hybridized carbons (Fsp3) is 0.667. The summed E-state index contributed by atoms with van der Waals surface area (Å²) in [4.78, 5) is 13.9. The number of piperidine rings is 1. The Kier molecular flexibility index (Phi) is 4.37. The minimum absolute atomic E-state index is 0.445. The van der Waals surface area contributed by atoms with E-state index in [1.807, 2.05) is 6.92 Å². The molecule has 25 heavy (non-hydrogen) atoms. The SMILES string of the molecule is CC1(C(=O)O)CCN(CC2(CNC3C[C@@H]3c3ccccc3)CC2)CC1. The first-order valence-electron chi connectivity index (χ1n) is 9.74. The number of carboxylic acid groups (broad SMARTS) is 1. The van der Waals surface area contributed by atoms with Crippen LogP contribution in [-0.2, 0) is 4.79 Å². The van der Waals surface area contributed by atoms with E-state index in [2.05, 4.69) is 40.5 Å². The van der Waals surface area contributed by atoms with Crippen LogP contribution in [0.25, 0.3) is 0 Å². The third-order valence-corrected chi connectivity index (χ3v) is 6.75. The Bertz CT molecular complexity index is 618. The number of nitrogens with one attached hydrogen (secondary N) is 1. The van der Waals surface area contributed by atoms with Gasteiger partial charge in [-0.25, -0.2) is 0 Å². The van der Waals surface area contributed by atoms with E-state index in [1.165, 1.54) is 24.8 Å². The molecule has 2 aliphatic carbocycles. The summed E-state index contributed by atoms with van der Waals surface area (Å²) in [6.07, 6.45) is 5.46. The molecule has 4 heteroatoms. The molecule has 0 radical (unpaired) electrons. The van der Waals surface area contributed by atoms with Crippen LogP contribution < -0.4 is 5.32 Å². The largest absolute Gasteiger partial charge is 0.481 e. The quantitative estimate of drug-likeness (QED) is 0.799. The van der Waals surface area contributed by atoms with Crippen LogP contribution in [0.5, 0.6) is 0 Å². The molecule has 1 aliphatic heterocycles. The Morgan fingerprint density at radius 3 is 2.48 bits per heavy atom. The van der Waals surface area contributed by atoms with Crippen LogP contribution in [0.3, 0.4) is 0 Å². The molecule has 1 heterocycles. The van der Waals surface area contributed by atoms with Crippen LogP contribution >= 0.6 is 0 Å². The van der Waals surface area contributed by atoms with Crippen molar-refractivity contribution in [3.05, 3.63) is 35.9 Å².